The Kier molecular flexibility index (Phi) is 4.63. The van der Waals surface area contributed by atoms with Gasteiger partial charge < -0.3 is 0 Å². The van der Waals surface area contributed by atoms with E-state index in [0.717, 1.165) is 0 Å². The Morgan fingerprint density at radius 3 is 2.55 bits per heavy atom. The molecule has 4 rings (SSSR count). The van der Waals surface area contributed by atoms with Crippen LogP contribution in [0.3, 0.4) is 0 Å². The Morgan fingerprint density at radius 1 is 1.24 bits per heavy atom. The number of benzene rings is 2. The highest BCUT2D eigenvalue weighted by molar-refractivity contribution is 7.98. The first-order valence-electron chi connectivity index (χ1n) is 8.66. The third-order valence-electron chi connectivity index (χ3n) is 4.69. The third-order valence-corrected chi connectivity index (χ3v) is 5.26. The molecule has 1 N–H and O–H groups in total. The predicted octanol–water partition coefficient (Wildman–Crippen LogP) is 2.27. The molecule has 0 fully saturated rings. The summed E-state index contributed by atoms with van der Waals surface area (Å²) in [4.78, 5) is 40.4. The molecule has 1 amide bonds. The number of nitrogens with zero attached hydrogens (tertiary/aromatic N) is 4. The molecular formula is C19H16N5O4S+. The normalized spacial score (nSPS) is 14.8. The standard InChI is InChI=1S/C19H15N5O4S/c1-11(25)22-15-6-4-3-5-14(15)16-17(26)20-19(29-2)21-23(16)18(22)12-7-9-13(10-8-12)24(27)28/h3-10,18H,1-2H3/p+1. The minimum atomic E-state index is -0.758. The zero-order valence-electron chi connectivity index (χ0n) is 15.5. The lowest BCUT2D eigenvalue weighted by atomic mass is 10.0. The molecule has 0 saturated heterocycles. The van der Waals surface area contributed by atoms with Crippen LogP contribution in [0, 0.1) is 10.1 Å². The van der Waals surface area contributed by atoms with E-state index in [1.54, 1.807) is 47.6 Å². The smallest absolute Gasteiger partial charge is 0.291 e. The van der Waals surface area contributed by atoms with Crippen molar-refractivity contribution in [2.24, 2.45) is 0 Å². The number of anilines is 1. The molecule has 1 aliphatic heterocycles. The number of amides is 1. The van der Waals surface area contributed by atoms with E-state index in [1.807, 2.05) is 0 Å². The third kappa shape index (κ3) is 3.07. The lowest BCUT2D eigenvalue weighted by Crippen LogP contribution is -2.60. The second-order valence-electron chi connectivity index (χ2n) is 6.39. The Balaban J connectivity index is 2.03. The molecule has 1 aliphatic rings. The maximum atomic E-state index is 12.9. The highest BCUT2D eigenvalue weighted by atomic mass is 32.2. The Hall–Kier alpha value is -3.53. The molecule has 1 unspecified atom stereocenters. The summed E-state index contributed by atoms with van der Waals surface area (Å²) in [7, 11) is 0. The van der Waals surface area contributed by atoms with Crippen LogP contribution in [-0.4, -0.2) is 27.2 Å². The van der Waals surface area contributed by atoms with Gasteiger partial charge in [0.2, 0.25) is 11.1 Å². The quantitative estimate of drug-likeness (QED) is 0.307. The van der Waals surface area contributed by atoms with E-state index in [0.29, 0.717) is 27.7 Å². The molecular weight excluding hydrogens is 394 g/mol. The largest absolute Gasteiger partial charge is 0.325 e. The van der Waals surface area contributed by atoms with Gasteiger partial charge in [0.1, 0.15) is 0 Å². The summed E-state index contributed by atoms with van der Waals surface area (Å²) in [5.41, 5.74) is 1.69. The van der Waals surface area contributed by atoms with Gasteiger partial charge >= 0.3 is 11.3 Å². The Labute approximate surface area is 169 Å². The topological polar surface area (TPSA) is 113 Å². The Morgan fingerprint density at radius 2 is 1.93 bits per heavy atom. The van der Waals surface area contributed by atoms with Gasteiger partial charge in [-0.05, 0) is 35.2 Å². The molecule has 2 heterocycles. The molecule has 3 aromatic rings. The van der Waals surface area contributed by atoms with Crippen LogP contribution >= 0.6 is 11.8 Å². The number of nitro groups is 1. The van der Waals surface area contributed by atoms with Crippen LogP contribution < -0.4 is 15.1 Å². The number of carbonyl (C=O) groups excluding carboxylic acids is 1. The van der Waals surface area contributed by atoms with Crippen LogP contribution in [0.1, 0.15) is 18.7 Å². The summed E-state index contributed by atoms with van der Waals surface area (Å²) in [6.45, 7) is 1.43. The van der Waals surface area contributed by atoms with Crippen molar-refractivity contribution in [3.8, 4) is 11.3 Å². The second kappa shape index (κ2) is 7.13. The van der Waals surface area contributed by atoms with Gasteiger partial charge in [0.15, 0.2) is 0 Å². The van der Waals surface area contributed by atoms with E-state index in [-0.39, 0.29) is 17.2 Å². The van der Waals surface area contributed by atoms with Crippen LogP contribution in [-0.2, 0) is 4.79 Å². The zero-order chi connectivity index (χ0) is 20.7. The van der Waals surface area contributed by atoms with Gasteiger partial charge in [0.25, 0.3) is 11.9 Å². The van der Waals surface area contributed by atoms with Crippen LogP contribution in [0.2, 0.25) is 0 Å². The highest BCUT2D eigenvalue weighted by Crippen LogP contribution is 2.37. The monoisotopic (exact) mass is 410 g/mol. The number of fused-ring (bicyclic) bond motifs is 3. The molecule has 0 aliphatic carbocycles. The summed E-state index contributed by atoms with van der Waals surface area (Å²) in [5.74, 6) is -0.244. The van der Waals surface area contributed by atoms with E-state index in [4.69, 9.17) is 0 Å². The summed E-state index contributed by atoms with van der Waals surface area (Å²) < 4.78 is 1.51. The van der Waals surface area contributed by atoms with Crippen molar-refractivity contribution < 1.29 is 14.4 Å². The van der Waals surface area contributed by atoms with E-state index >= 15 is 0 Å². The fraction of sp³-hybridized carbons (Fsp3) is 0.158. The number of H-pyrrole nitrogens is 1. The number of non-ortho nitro benzene ring substituents is 1. The van der Waals surface area contributed by atoms with Crippen LogP contribution in [0.15, 0.2) is 58.5 Å². The van der Waals surface area contributed by atoms with Crippen LogP contribution in [0.5, 0.6) is 0 Å². The fourth-order valence-corrected chi connectivity index (χ4v) is 3.84. The number of carbonyl (C=O) groups is 1. The maximum Gasteiger partial charge on any atom is 0.325 e. The molecule has 0 bridgehead atoms. The van der Waals surface area contributed by atoms with Gasteiger partial charge in [0, 0.05) is 29.7 Å². The number of hydrogen-bond donors (Lipinski definition) is 1. The van der Waals surface area contributed by atoms with Gasteiger partial charge in [0.05, 0.1) is 16.2 Å². The molecule has 10 heteroatoms. The molecule has 0 spiro atoms. The van der Waals surface area contributed by atoms with Crippen LogP contribution in [0.4, 0.5) is 11.4 Å². The second-order valence-corrected chi connectivity index (χ2v) is 7.18. The van der Waals surface area contributed by atoms with Crippen molar-refractivity contribution in [2.75, 3.05) is 11.2 Å². The summed E-state index contributed by atoms with van der Waals surface area (Å²) in [6.07, 6.45) is 1.03. The molecule has 9 nitrogen and oxygen atoms in total. The first-order valence-corrected chi connectivity index (χ1v) is 9.88. The van der Waals surface area contributed by atoms with Crippen molar-refractivity contribution in [2.45, 2.75) is 18.2 Å². The minimum Gasteiger partial charge on any atom is -0.291 e. The number of aromatic amines is 1. The fourth-order valence-electron chi connectivity index (χ4n) is 3.47. The van der Waals surface area contributed by atoms with Gasteiger partial charge in [-0.2, -0.15) is 0 Å². The highest BCUT2D eigenvalue weighted by Gasteiger charge is 2.44. The van der Waals surface area contributed by atoms with E-state index in [9.17, 15) is 19.7 Å². The molecule has 1 aromatic heterocycles. The lowest BCUT2D eigenvalue weighted by molar-refractivity contribution is -0.763. The van der Waals surface area contributed by atoms with Crippen molar-refractivity contribution in [3.05, 3.63) is 74.6 Å². The van der Waals surface area contributed by atoms with E-state index in [2.05, 4.69) is 10.1 Å². The van der Waals surface area contributed by atoms with Gasteiger partial charge in [-0.1, -0.05) is 23.9 Å². The number of rotatable bonds is 3. The SMILES string of the molecule is CSc1n[n+]2c(c(=O)[nH]1)-c1ccccc1N(C(C)=O)C2c1ccc([N+](=O)[O-])cc1. The summed E-state index contributed by atoms with van der Waals surface area (Å²) in [6, 6.07) is 13.0. The van der Waals surface area contributed by atoms with E-state index < -0.39 is 11.1 Å². The number of para-hydroxylation sites is 1. The van der Waals surface area contributed by atoms with Crippen LogP contribution in [0.25, 0.3) is 11.3 Å². The average molecular weight is 410 g/mol. The molecule has 146 valence electrons. The zero-order valence-corrected chi connectivity index (χ0v) is 16.3. The molecule has 2 aromatic carbocycles. The minimum absolute atomic E-state index is 0.0618. The maximum absolute atomic E-state index is 12.9. The first kappa shape index (κ1) is 18.8. The van der Waals surface area contributed by atoms with Gasteiger partial charge in [-0.15, -0.1) is 0 Å². The number of hydrogen-bond acceptors (Lipinski definition) is 6. The van der Waals surface area contributed by atoms with Crippen molar-refractivity contribution in [1.82, 2.24) is 10.1 Å². The number of nitro benzene ring substituents is 1. The van der Waals surface area contributed by atoms with Crippen molar-refractivity contribution >= 4 is 29.0 Å². The average Bonchev–Trinajstić information content (AvgIpc) is 2.72. The van der Waals surface area contributed by atoms with Gasteiger partial charge in [-0.3, -0.25) is 24.7 Å². The first-order chi connectivity index (χ1) is 13.9. The van der Waals surface area contributed by atoms with Crippen molar-refractivity contribution in [3.63, 3.8) is 0 Å². The summed E-state index contributed by atoms with van der Waals surface area (Å²) in [5, 5.41) is 16.0. The Bertz CT molecular complexity index is 1190. The molecule has 1 atom stereocenters. The number of aromatic nitrogens is 3. The number of nitrogens with one attached hydrogen (secondary N) is 1. The van der Waals surface area contributed by atoms with Gasteiger partial charge in [-0.25, -0.2) is 4.90 Å². The molecule has 29 heavy (non-hydrogen) atoms. The lowest BCUT2D eigenvalue weighted by Gasteiger charge is -2.31. The summed E-state index contributed by atoms with van der Waals surface area (Å²) >= 11 is 1.27. The molecule has 0 saturated carbocycles. The van der Waals surface area contributed by atoms with Crippen molar-refractivity contribution in [1.29, 1.82) is 0 Å². The van der Waals surface area contributed by atoms with E-state index in [1.165, 1.54) is 35.5 Å². The number of thioether (sulfide) groups is 1. The molecule has 0 radical (unpaired) electrons. The predicted molar refractivity (Wildman–Crippen MR) is 107 cm³/mol.